The molecule has 1 N–H and O–H groups in total. The zero-order chi connectivity index (χ0) is 18.1. The number of carboxylic acids is 1. The smallest absolute Gasteiger partial charge is 0.323 e. The maximum atomic E-state index is 12.8. The molecule has 2 unspecified atom stereocenters. The first-order valence-corrected chi connectivity index (χ1v) is 8.34. The third-order valence-electron chi connectivity index (χ3n) is 4.80. The van der Waals surface area contributed by atoms with Crippen LogP contribution >= 0.6 is 0 Å². The summed E-state index contributed by atoms with van der Waals surface area (Å²) in [4.78, 5) is 39.3. The van der Waals surface area contributed by atoms with Gasteiger partial charge < -0.3 is 19.6 Å². The van der Waals surface area contributed by atoms with Gasteiger partial charge in [-0.05, 0) is 30.5 Å². The molecule has 1 aliphatic heterocycles. The number of benzene rings is 1. The van der Waals surface area contributed by atoms with Gasteiger partial charge in [0.05, 0.1) is 19.1 Å². The topological polar surface area (TPSA) is 87.1 Å². The van der Waals surface area contributed by atoms with E-state index >= 15 is 0 Å². The van der Waals surface area contributed by atoms with Crippen LogP contribution in [-0.2, 0) is 14.4 Å². The molecule has 0 radical (unpaired) electrons. The van der Waals surface area contributed by atoms with Gasteiger partial charge in [0.25, 0.3) is 0 Å². The fourth-order valence-corrected chi connectivity index (χ4v) is 3.54. The van der Waals surface area contributed by atoms with Crippen LogP contribution in [0.2, 0.25) is 0 Å². The number of hydrogen-bond donors (Lipinski definition) is 1. The molecule has 7 nitrogen and oxygen atoms in total. The van der Waals surface area contributed by atoms with Gasteiger partial charge in [-0.15, -0.1) is 0 Å². The van der Waals surface area contributed by atoms with Crippen molar-refractivity contribution in [1.29, 1.82) is 0 Å². The maximum absolute atomic E-state index is 12.8. The van der Waals surface area contributed by atoms with Crippen LogP contribution in [0.4, 0.5) is 0 Å². The molecule has 134 valence electrons. The highest BCUT2D eigenvalue weighted by atomic mass is 16.5. The van der Waals surface area contributed by atoms with E-state index in [9.17, 15) is 14.4 Å². The molecule has 3 rings (SSSR count). The third kappa shape index (κ3) is 3.45. The van der Waals surface area contributed by atoms with Gasteiger partial charge in [-0.2, -0.15) is 0 Å². The minimum atomic E-state index is -1.07. The van der Waals surface area contributed by atoms with E-state index in [0.29, 0.717) is 5.75 Å². The molecular weight excluding hydrogens is 324 g/mol. The molecule has 1 aromatic carbocycles. The van der Waals surface area contributed by atoms with E-state index in [1.54, 1.807) is 7.11 Å². The summed E-state index contributed by atoms with van der Waals surface area (Å²) in [5.74, 6) is -1.34. The molecule has 1 aliphatic carbocycles. The van der Waals surface area contributed by atoms with Crippen molar-refractivity contribution >= 4 is 17.8 Å². The Morgan fingerprint density at radius 3 is 2.68 bits per heavy atom. The average Bonchev–Trinajstić information content (AvgIpc) is 3.36. The van der Waals surface area contributed by atoms with Crippen LogP contribution in [0.1, 0.15) is 30.9 Å². The van der Waals surface area contributed by atoms with E-state index in [2.05, 4.69) is 0 Å². The number of hydrogen-bond acceptors (Lipinski definition) is 4. The zero-order valence-electron chi connectivity index (χ0n) is 14.3. The van der Waals surface area contributed by atoms with E-state index in [1.807, 2.05) is 29.2 Å². The van der Waals surface area contributed by atoms with Gasteiger partial charge in [-0.25, -0.2) is 0 Å². The van der Waals surface area contributed by atoms with Gasteiger partial charge in [-0.3, -0.25) is 14.4 Å². The SMILES string of the molecule is COc1cccc(C2C(C(=O)N(C)CC(=O)O)CC(=O)N2C2CC2)c1. The Morgan fingerprint density at radius 2 is 2.08 bits per heavy atom. The van der Waals surface area contributed by atoms with Crippen molar-refractivity contribution in [2.45, 2.75) is 31.3 Å². The fraction of sp³-hybridized carbons (Fsp3) is 0.500. The molecule has 0 spiro atoms. The number of methoxy groups -OCH3 is 1. The molecular formula is C18H22N2O5. The van der Waals surface area contributed by atoms with Crippen LogP contribution in [0.3, 0.4) is 0 Å². The third-order valence-corrected chi connectivity index (χ3v) is 4.80. The summed E-state index contributed by atoms with van der Waals surface area (Å²) in [6.45, 7) is -0.377. The molecule has 1 saturated carbocycles. The van der Waals surface area contributed by atoms with E-state index in [0.717, 1.165) is 18.4 Å². The minimum Gasteiger partial charge on any atom is -0.497 e. The van der Waals surface area contributed by atoms with Crippen LogP contribution in [0, 0.1) is 5.92 Å². The van der Waals surface area contributed by atoms with Crippen molar-refractivity contribution < 1.29 is 24.2 Å². The van der Waals surface area contributed by atoms with Crippen molar-refractivity contribution in [3.63, 3.8) is 0 Å². The second kappa shape index (κ2) is 6.74. The number of carbonyl (C=O) groups excluding carboxylic acids is 2. The van der Waals surface area contributed by atoms with Crippen LogP contribution in [0.15, 0.2) is 24.3 Å². The number of likely N-dealkylation sites (N-methyl/N-ethyl adjacent to an activating group) is 1. The second-order valence-corrected chi connectivity index (χ2v) is 6.65. The van der Waals surface area contributed by atoms with E-state index < -0.39 is 11.9 Å². The number of carboxylic acid groups (broad SMARTS) is 1. The lowest BCUT2D eigenvalue weighted by Crippen LogP contribution is -2.39. The quantitative estimate of drug-likeness (QED) is 0.839. The van der Waals surface area contributed by atoms with Crippen molar-refractivity contribution in [2.24, 2.45) is 5.92 Å². The lowest BCUT2D eigenvalue weighted by Gasteiger charge is -2.30. The molecule has 1 heterocycles. The number of amides is 2. The van der Waals surface area contributed by atoms with Crippen molar-refractivity contribution in [3.05, 3.63) is 29.8 Å². The monoisotopic (exact) mass is 346 g/mol. The highest BCUT2D eigenvalue weighted by Gasteiger charge is 2.50. The van der Waals surface area contributed by atoms with Crippen LogP contribution in [-0.4, -0.2) is 59.4 Å². The molecule has 1 saturated heterocycles. The Balaban J connectivity index is 1.93. The summed E-state index contributed by atoms with van der Waals surface area (Å²) < 4.78 is 5.27. The largest absolute Gasteiger partial charge is 0.497 e. The van der Waals surface area contributed by atoms with Crippen molar-refractivity contribution in [3.8, 4) is 5.75 Å². The Kier molecular flexibility index (Phi) is 4.65. The summed E-state index contributed by atoms with van der Waals surface area (Å²) in [5, 5.41) is 8.94. The van der Waals surface area contributed by atoms with Gasteiger partial charge in [-0.1, -0.05) is 12.1 Å². The van der Waals surface area contributed by atoms with E-state index in [4.69, 9.17) is 9.84 Å². The van der Waals surface area contributed by atoms with Crippen molar-refractivity contribution in [1.82, 2.24) is 9.80 Å². The Morgan fingerprint density at radius 1 is 1.36 bits per heavy atom. The lowest BCUT2D eigenvalue weighted by atomic mass is 9.92. The lowest BCUT2D eigenvalue weighted by molar-refractivity contribution is -0.145. The minimum absolute atomic E-state index is 0.0441. The predicted octanol–water partition coefficient (Wildman–Crippen LogP) is 1.29. The first-order chi connectivity index (χ1) is 11.9. The number of aliphatic carboxylic acids is 1. The number of carbonyl (C=O) groups is 3. The Bertz CT molecular complexity index is 700. The Hall–Kier alpha value is -2.57. The van der Waals surface area contributed by atoms with Gasteiger partial charge in [0.1, 0.15) is 12.3 Å². The Labute approximate surface area is 146 Å². The molecule has 2 amide bonds. The van der Waals surface area contributed by atoms with Crippen molar-refractivity contribution in [2.75, 3.05) is 20.7 Å². The summed E-state index contributed by atoms with van der Waals surface area (Å²) in [5.41, 5.74) is 0.846. The highest BCUT2D eigenvalue weighted by Crippen LogP contribution is 2.45. The first-order valence-electron chi connectivity index (χ1n) is 8.34. The molecule has 7 heteroatoms. The molecule has 1 aromatic rings. The van der Waals surface area contributed by atoms with Gasteiger partial charge in [0.15, 0.2) is 0 Å². The number of nitrogens with zero attached hydrogens (tertiary/aromatic N) is 2. The normalized spacial score (nSPS) is 22.8. The average molecular weight is 346 g/mol. The molecule has 0 bridgehead atoms. The fourth-order valence-electron chi connectivity index (χ4n) is 3.54. The van der Waals surface area contributed by atoms with Gasteiger partial charge in [0.2, 0.25) is 11.8 Å². The van der Waals surface area contributed by atoms with E-state index in [1.165, 1.54) is 11.9 Å². The van der Waals surface area contributed by atoms with Crippen LogP contribution in [0.5, 0.6) is 5.75 Å². The summed E-state index contributed by atoms with van der Waals surface area (Å²) in [7, 11) is 3.03. The number of rotatable bonds is 6. The second-order valence-electron chi connectivity index (χ2n) is 6.65. The van der Waals surface area contributed by atoms with Gasteiger partial charge >= 0.3 is 5.97 Å². The molecule has 25 heavy (non-hydrogen) atoms. The first kappa shape index (κ1) is 17.3. The van der Waals surface area contributed by atoms with Gasteiger partial charge in [0, 0.05) is 19.5 Å². The summed E-state index contributed by atoms with van der Waals surface area (Å²) >= 11 is 0. The predicted molar refractivity (Wildman–Crippen MR) is 89.0 cm³/mol. The molecule has 2 fully saturated rings. The standard InChI is InChI=1S/C18H22N2O5/c1-19(10-16(22)23)18(24)14-9-15(21)20(12-6-7-12)17(14)11-4-3-5-13(8-11)25-2/h3-5,8,12,14,17H,6-7,9-10H2,1-2H3,(H,22,23). The summed E-state index contributed by atoms with van der Waals surface area (Å²) in [6, 6.07) is 7.18. The molecule has 0 aromatic heterocycles. The van der Waals surface area contributed by atoms with Crippen LogP contribution < -0.4 is 4.74 Å². The number of ether oxygens (including phenoxy) is 1. The molecule has 2 atom stereocenters. The zero-order valence-corrected chi connectivity index (χ0v) is 14.3. The van der Waals surface area contributed by atoms with E-state index in [-0.39, 0.29) is 36.9 Å². The number of likely N-dealkylation sites (tertiary alicyclic amines) is 1. The summed E-state index contributed by atoms with van der Waals surface area (Å²) in [6.07, 6.45) is 2.00. The molecule has 2 aliphatic rings. The van der Waals surface area contributed by atoms with Crippen LogP contribution in [0.25, 0.3) is 0 Å². The highest BCUT2D eigenvalue weighted by molar-refractivity contribution is 5.92. The maximum Gasteiger partial charge on any atom is 0.323 e.